The zero-order valence-corrected chi connectivity index (χ0v) is 61.9. The van der Waals surface area contributed by atoms with Crippen molar-refractivity contribution in [1.82, 2.24) is 60.5 Å². The number of hydrogen-bond acceptors (Lipinski definition) is 13. The zero-order valence-electron chi connectivity index (χ0n) is 61.9. The lowest BCUT2D eigenvalue weighted by molar-refractivity contribution is -0.152. The van der Waals surface area contributed by atoms with Gasteiger partial charge >= 0.3 is 0 Å². The van der Waals surface area contributed by atoms with Crippen molar-refractivity contribution in [1.29, 1.82) is 0 Å². The fraction of sp³-hybridized carbons (Fsp3) is 0.600. The van der Waals surface area contributed by atoms with E-state index in [0.717, 1.165) is 21.8 Å². The number of aliphatic hydroxyl groups is 1. The molecule has 5 N–H and O–H groups in total. The number of hydrogen-bond donors (Lipinski definition) is 5. The molecule has 3 aromatic rings. The molecule has 5 rings (SSSR count). The van der Waals surface area contributed by atoms with E-state index in [0.29, 0.717) is 37.1 Å². The largest absolute Gasteiger partial charge is 0.391 e. The Morgan fingerprint density at radius 1 is 0.470 bits per heavy atom. The lowest BCUT2D eigenvalue weighted by Gasteiger charge is -2.38. The monoisotopic (exact) mass is 1390 g/mol. The van der Waals surface area contributed by atoms with Gasteiger partial charge in [0.25, 0.3) is 0 Å². The van der Waals surface area contributed by atoms with Crippen molar-refractivity contribution in [3.63, 3.8) is 0 Å². The van der Waals surface area contributed by atoms with Crippen LogP contribution in [0.25, 0.3) is 0 Å². The molecule has 3 aromatic carbocycles. The van der Waals surface area contributed by atoms with Gasteiger partial charge in [-0.25, -0.2) is 0 Å². The number of piperidine rings is 1. The van der Waals surface area contributed by atoms with E-state index in [-0.39, 0.29) is 50.4 Å². The van der Waals surface area contributed by atoms with E-state index in [9.17, 15) is 38.7 Å². The molecule has 2 saturated heterocycles. The first-order chi connectivity index (χ1) is 47.1. The van der Waals surface area contributed by atoms with Gasteiger partial charge in [0.05, 0.1) is 19.1 Å². The average molecular weight is 1390 g/mol. The molecule has 0 spiro atoms. The van der Waals surface area contributed by atoms with Crippen molar-refractivity contribution in [2.75, 3.05) is 69.0 Å². The third kappa shape index (κ3) is 22.4. The molecular weight excluding hydrogens is 1280 g/mol. The van der Waals surface area contributed by atoms with Gasteiger partial charge in [-0.2, -0.15) is 0 Å². The van der Waals surface area contributed by atoms with Crippen LogP contribution in [0, 0.1) is 23.7 Å². The molecule has 2 aliphatic heterocycles. The normalized spacial score (nSPS) is 25.0. The SMILES string of the molecule is CC(C)C[C@H]1C(=O)N(C)[C@@H](Cc2ccccc2)C(=O)N[C@H](C(=O)N2CCCCC2)CC(=O)N(C)[C@@H](C(C)C)C(=O)N[C@@H](C)C(=O)N(C)[C@@H](Cc2ccccc2)C(=O)N(C)[C@@H](CC(C)C)C(=O)N(C)CC(=O)N[C@@H]([C@@H](C)O)C(=O)N(C)[C@@H](C(C)C)C(=O)N[C@@H](CCc2ccccc2)C(=O)N1C. The van der Waals surface area contributed by atoms with E-state index in [1.807, 2.05) is 58.0 Å². The number of aryl methyl sites for hydroxylation is 1. The summed E-state index contributed by atoms with van der Waals surface area (Å²) in [6, 6.07) is 13.6. The summed E-state index contributed by atoms with van der Waals surface area (Å²) in [7, 11) is 9.81. The number of likely N-dealkylation sites (tertiary alicyclic amines) is 1. The van der Waals surface area contributed by atoms with Crippen molar-refractivity contribution < 1.29 is 62.6 Å². The third-order valence-electron chi connectivity index (χ3n) is 19.1. The minimum absolute atomic E-state index is 0.0203. The number of nitrogens with one attached hydrogen (secondary N) is 4. The smallest absolute Gasteiger partial charge is 0.248 e. The van der Waals surface area contributed by atoms with Crippen LogP contribution in [0.4, 0.5) is 0 Å². The van der Waals surface area contributed by atoms with Crippen LogP contribution in [-0.4, -0.2) is 251 Å². The predicted octanol–water partition coefficient (Wildman–Crippen LogP) is 3.69. The molecule has 2 fully saturated rings. The maximum absolute atomic E-state index is 15.6. The van der Waals surface area contributed by atoms with Gasteiger partial charge in [-0.15, -0.1) is 0 Å². The molecule has 0 unspecified atom stereocenters. The summed E-state index contributed by atoms with van der Waals surface area (Å²) < 4.78 is 0. The second kappa shape index (κ2) is 38.2. The zero-order chi connectivity index (χ0) is 74.6. The number of nitrogens with zero attached hydrogens (tertiary/aromatic N) is 8. The van der Waals surface area contributed by atoms with Gasteiger partial charge in [0, 0.05) is 75.3 Å². The van der Waals surface area contributed by atoms with Crippen LogP contribution >= 0.6 is 0 Å². The van der Waals surface area contributed by atoms with E-state index < -0.39 is 162 Å². The highest BCUT2D eigenvalue weighted by Gasteiger charge is 2.44. The minimum Gasteiger partial charge on any atom is -0.391 e. The maximum atomic E-state index is 15.6. The molecule has 0 aromatic heterocycles. The fourth-order valence-corrected chi connectivity index (χ4v) is 13.3. The number of amides is 12. The quantitative estimate of drug-likeness (QED) is 0.145. The van der Waals surface area contributed by atoms with Crippen LogP contribution in [-0.2, 0) is 76.8 Å². The highest BCUT2D eigenvalue weighted by molar-refractivity contribution is 6.00. The molecule has 0 bridgehead atoms. The van der Waals surface area contributed by atoms with Gasteiger partial charge in [-0.3, -0.25) is 57.5 Å². The lowest BCUT2D eigenvalue weighted by atomic mass is 9.96. The molecule has 550 valence electrons. The molecule has 0 saturated carbocycles. The van der Waals surface area contributed by atoms with Crippen molar-refractivity contribution in [3.8, 4) is 0 Å². The van der Waals surface area contributed by atoms with E-state index in [1.165, 1.54) is 87.7 Å². The standard InChI is InChI=1S/C75H112N12O13/c1-46(2)40-58-72(97)80(11)45-61(89)79-63(51(10)88)75(100)86(17)65(49(7)8)68(93)77-55(37-36-52-30-22-18-23-31-52)70(95)83(14)59(41-47(3)4)73(98)81(12)57(42-53-32-24-19-25-33-53)66(91)78-56(71(96)87-38-28-21-29-39-87)44-62(90)85(16)64(48(5)6)67(92)76-50(9)69(94)82(13)60(74(99)84(58)15)43-54-34-26-20-27-35-54/h18-20,22-27,30-35,46-51,55-60,63-65,88H,21,28-29,36-45H2,1-17H3,(H,76,92)(H,77,93)(H,78,91)(H,79,89)/t50-,51+,55-,56-,57-,58-,59-,60-,63-,64-,65-/m0/s1. The maximum Gasteiger partial charge on any atom is 0.248 e. The molecule has 25 nitrogen and oxygen atoms in total. The molecule has 11 atom stereocenters. The van der Waals surface area contributed by atoms with Crippen LogP contribution in [0.15, 0.2) is 91.0 Å². The molecule has 25 heteroatoms. The molecule has 2 heterocycles. The van der Waals surface area contributed by atoms with Crippen LogP contribution in [0.2, 0.25) is 0 Å². The summed E-state index contributed by atoms with van der Waals surface area (Å²) in [5.41, 5.74) is 2.13. The number of carbonyl (C=O) groups excluding carboxylic acids is 12. The second-order valence-electron chi connectivity index (χ2n) is 28.8. The first-order valence-electron chi connectivity index (χ1n) is 35.2. The first kappa shape index (κ1) is 81.9. The molecule has 12 amide bonds. The molecule has 0 aliphatic carbocycles. The van der Waals surface area contributed by atoms with Crippen LogP contribution in [0.3, 0.4) is 0 Å². The third-order valence-corrected chi connectivity index (χ3v) is 19.1. The Labute approximate surface area is 591 Å². The van der Waals surface area contributed by atoms with E-state index in [4.69, 9.17) is 0 Å². The van der Waals surface area contributed by atoms with Gasteiger partial charge in [0.2, 0.25) is 70.9 Å². The van der Waals surface area contributed by atoms with Crippen molar-refractivity contribution in [2.45, 2.75) is 200 Å². The fourth-order valence-electron chi connectivity index (χ4n) is 13.3. The van der Waals surface area contributed by atoms with Gasteiger partial charge in [-0.1, -0.05) is 146 Å². The topological polar surface area (TPSA) is 299 Å². The summed E-state index contributed by atoms with van der Waals surface area (Å²) in [6.45, 7) is 17.0. The van der Waals surface area contributed by atoms with E-state index in [2.05, 4.69) is 21.3 Å². The van der Waals surface area contributed by atoms with Crippen LogP contribution < -0.4 is 21.3 Å². The van der Waals surface area contributed by atoms with Gasteiger partial charge in [0.1, 0.15) is 60.4 Å². The molecule has 100 heavy (non-hydrogen) atoms. The Balaban J connectivity index is 1.68. The average Bonchev–Trinajstić information content (AvgIpc) is 0.820. The molecule has 0 radical (unpaired) electrons. The van der Waals surface area contributed by atoms with Crippen molar-refractivity contribution in [3.05, 3.63) is 108 Å². The molecular formula is C75H112N12O13. The Bertz CT molecular complexity index is 3270. The number of aliphatic hydroxyl groups excluding tert-OH is 1. The summed E-state index contributed by atoms with van der Waals surface area (Å²) in [5.74, 6) is -10.3. The highest BCUT2D eigenvalue weighted by atomic mass is 16.3. The van der Waals surface area contributed by atoms with Crippen LogP contribution in [0.5, 0.6) is 0 Å². The predicted molar refractivity (Wildman–Crippen MR) is 381 cm³/mol. The summed E-state index contributed by atoms with van der Waals surface area (Å²) >= 11 is 0. The van der Waals surface area contributed by atoms with Gasteiger partial charge < -0.3 is 65.6 Å². The highest BCUT2D eigenvalue weighted by Crippen LogP contribution is 2.24. The summed E-state index contributed by atoms with van der Waals surface area (Å²) in [6.07, 6.45) is 0.413. The Kier molecular flexibility index (Phi) is 31.3. The Morgan fingerprint density at radius 3 is 1.41 bits per heavy atom. The minimum atomic E-state index is -1.66. The first-order valence-corrected chi connectivity index (χ1v) is 35.2. The summed E-state index contributed by atoms with van der Waals surface area (Å²) in [5, 5.41) is 22.4. The van der Waals surface area contributed by atoms with Crippen molar-refractivity contribution in [2.24, 2.45) is 23.7 Å². The number of rotatable bonds is 15. The summed E-state index contributed by atoms with van der Waals surface area (Å²) in [4.78, 5) is 190. The van der Waals surface area contributed by atoms with E-state index >= 15 is 24.0 Å². The van der Waals surface area contributed by atoms with E-state index in [1.54, 1.807) is 93.3 Å². The van der Waals surface area contributed by atoms with Crippen LogP contribution in [0.1, 0.15) is 131 Å². The molecule has 2 aliphatic rings. The van der Waals surface area contributed by atoms with Crippen molar-refractivity contribution >= 4 is 70.9 Å². The number of likely N-dealkylation sites (N-methyl/N-ethyl adjacent to an activating group) is 7. The van der Waals surface area contributed by atoms with Gasteiger partial charge in [-0.05, 0) is 99.2 Å². The number of benzene rings is 3. The van der Waals surface area contributed by atoms with Gasteiger partial charge in [0.15, 0.2) is 0 Å². The Hall–Kier alpha value is -8.74. The second-order valence-corrected chi connectivity index (χ2v) is 28.8. The Morgan fingerprint density at radius 2 is 0.910 bits per heavy atom. The number of carbonyl (C=O) groups is 12. The lowest BCUT2D eigenvalue weighted by Crippen LogP contribution is -2.62.